The number of nitrogens with two attached hydrogens (primary N) is 1. The highest BCUT2D eigenvalue weighted by molar-refractivity contribution is 4.98. The van der Waals surface area contributed by atoms with E-state index < -0.39 is 0 Å². The summed E-state index contributed by atoms with van der Waals surface area (Å²) in [6.45, 7) is 11.4. The minimum Gasteiger partial charge on any atom is -0.326 e. The van der Waals surface area contributed by atoms with E-state index in [9.17, 15) is 0 Å². The first-order valence-electron chi connectivity index (χ1n) is 7.10. The van der Waals surface area contributed by atoms with Gasteiger partial charge in [0.1, 0.15) is 0 Å². The third-order valence-electron chi connectivity index (χ3n) is 4.83. The molecule has 2 unspecified atom stereocenters. The van der Waals surface area contributed by atoms with Crippen LogP contribution in [0.3, 0.4) is 0 Å². The van der Waals surface area contributed by atoms with Gasteiger partial charge in [0.15, 0.2) is 0 Å². The topological polar surface area (TPSA) is 29.3 Å². The van der Waals surface area contributed by atoms with Crippen LogP contribution in [-0.4, -0.2) is 29.6 Å². The van der Waals surface area contributed by atoms with Crippen LogP contribution >= 0.6 is 0 Å². The van der Waals surface area contributed by atoms with Crippen molar-refractivity contribution in [3.8, 4) is 0 Å². The standard InChI is InChI=1S/C14H30N2/c1-5-14(4,16(6-2)7-3)13(15)12-10-8-9-11-12/h12-13H,5-11,15H2,1-4H3. The number of hydrogen-bond acceptors (Lipinski definition) is 2. The van der Waals surface area contributed by atoms with Crippen molar-refractivity contribution in [1.29, 1.82) is 0 Å². The van der Waals surface area contributed by atoms with Crippen LogP contribution in [0.2, 0.25) is 0 Å². The third kappa shape index (κ3) is 2.60. The molecule has 1 aliphatic carbocycles. The van der Waals surface area contributed by atoms with Crippen LogP contribution < -0.4 is 5.73 Å². The van der Waals surface area contributed by atoms with Gasteiger partial charge in [-0.05, 0) is 45.2 Å². The first-order valence-corrected chi connectivity index (χ1v) is 7.10. The van der Waals surface area contributed by atoms with Crippen LogP contribution in [0.1, 0.15) is 59.8 Å². The summed E-state index contributed by atoms with van der Waals surface area (Å²) in [5.41, 5.74) is 6.77. The minimum absolute atomic E-state index is 0.193. The normalized spacial score (nSPS) is 23.6. The van der Waals surface area contributed by atoms with Crippen LogP contribution in [-0.2, 0) is 0 Å². The van der Waals surface area contributed by atoms with Crippen molar-refractivity contribution in [1.82, 2.24) is 4.90 Å². The van der Waals surface area contributed by atoms with Gasteiger partial charge in [-0.2, -0.15) is 0 Å². The van der Waals surface area contributed by atoms with Gasteiger partial charge in [-0.3, -0.25) is 4.90 Å². The van der Waals surface area contributed by atoms with Gasteiger partial charge in [0.05, 0.1) is 0 Å². The Kier molecular flexibility index (Phi) is 5.26. The molecule has 1 saturated carbocycles. The predicted molar refractivity (Wildman–Crippen MR) is 71.6 cm³/mol. The Labute approximate surface area is 102 Å². The maximum Gasteiger partial charge on any atom is 0.0332 e. The molecule has 0 spiro atoms. The second kappa shape index (κ2) is 6.02. The van der Waals surface area contributed by atoms with E-state index in [1.807, 2.05) is 0 Å². The molecular weight excluding hydrogens is 196 g/mol. The van der Waals surface area contributed by atoms with Crippen LogP contribution in [0.5, 0.6) is 0 Å². The summed E-state index contributed by atoms with van der Waals surface area (Å²) >= 11 is 0. The molecule has 2 atom stereocenters. The molecule has 0 amide bonds. The maximum absolute atomic E-state index is 6.58. The molecule has 1 fully saturated rings. The molecule has 0 radical (unpaired) electrons. The lowest BCUT2D eigenvalue weighted by atomic mass is 9.79. The summed E-state index contributed by atoms with van der Waals surface area (Å²) in [5.74, 6) is 0.755. The van der Waals surface area contributed by atoms with Crippen LogP contribution in [0.15, 0.2) is 0 Å². The van der Waals surface area contributed by atoms with E-state index >= 15 is 0 Å². The summed E-state index contributed by atoms with van der Waals surface area (Å²) in [6.07, 6.45) is 6.62. The molecule has 1 rings (SSSR count). The number of nitrogens with zero attached hydrogens (tertiary/aromatic N) is 1. The van der Waals surface area contributed by atoms with E-state index in [2.05, 4.69) is 32.6 Å². The first-order chi connectivity index (χ1) is 7.60. The molecule has 0 aromatic heterocycles. The fourth-order valence-electron chi connectivity index (χ4n) is 3.44. The van der Waals surface area contributed by atoms with Gasteiger partial charge < -0.3 is 5.73 Å². The van der Waals surface area contributed by atoms with Crippen molar-refractivity contribution in [3.05, 3.63) is 0 Å². The smallest absolute Gasteiger partial charge is 0.0332 e. The SMILES string of the molecule is CCN(CC)C(C)(CC)C(N)C1CCCC1. The van der Waals surface area contributed by atoms with E-state index in [1.165, 1.54) is 25.7 Å². The van der Waals surface area contributed by atoms with Gasteiger partial charge in [-0.15, -0.1) is 0 Å². The average Bonchev–Trinajstić information content (AvgIpc) is 2.82. The zero-order valence-electron chi connectivity index (χ0n) is 11.6. The Morgan fingerprint density at radius 1 is 1.19 bits per heavy atom. The molecule has 0 aromatic carbocycles. The lowest BCUT2D eigenvalue weighted by Gasteiger charge is -2.46. The minimum atomic E-state index is 0.193. The van der Waals surface area contributed by atoms with Gasteiger partial charge in [-0.25, -0.2) is 0 Å². The second-order valence-electron chi connectivity index (χ2n) is 5.45. The molecular formula is C14H30N2. The second-order valence-corrected chi connectivity index (χ2v) is 5.45. The lowest BCUT2D eigenvalue weighted by molar-refractivity contribution is 0.0631. The fraction of sp³-hybridized carbons (Fsp3) is 1.00. The molecule has 0 aliphatic heterocycles. The van der Waals surface area contributed by atoms with Gasteiger partial charge in [0.2, 0.25) is 0 Å². The summed E-state index contributed by atoms with van der Waals surface area (Å²) in [7, 11) is 0. The Morgan fingerprint density at radius 2 is 1.69 bits per heavy atom. The molecule has 16 heavy (non-hydrogen) atoms. The summed E-state index contributed by atoms with van der Waals surface area (Å²) in [6, 6.07) is 0.347. The zero-order valence-corrected chi connectivity index (χ0v) is 11.6. The predicted octanol–water partition coefficient (Wildman–Crippen LogP) is 3.01. The van der Waals surface area contributed by atoms with Crippen LogP contribution in [0, 0.1) is 5.92 Å². The Morgan fingerprint density at radius 3 is 2.06 bits per heavy atom. The average molecular weight is 226 g/mol. The number of rotatable bonds is 6. The van der Waals surface area contributed by atoms with E-state index in [0.717, 1.165) is 25.4 Å². The van der Waals surface area contributed by atoms with Gasteiger partial charge in [-0.1, -0.05) is 33.6 Å². The largest absolute Gasteiger partial charge is 0.326 e. The molecule has 2 nitrogen and oxygen atoms in total. The van der Waals surface area contributed by atoms with E-state index in [0.29, 0.717) is 6.04 Å². The molecule has 2 heteroatoms. The quantitative estimate of drug-likeness (QED) is 0.754. The molecule has 1 aliphatic rings. The highest BCUT2D eigenvalue weighted by Gasteiger charge is 2.39. The van der Waals surface area contributed by atoms with Crippen molar-refractivity contribution >= 4 is 0 Å². The fourth-order valence-corrected chi connectivity index (χ4v) is 3.44. The molecule has 0 saturated heterocycles. The Balaban J connectivity index is 2.76. The first kappa shape index (κ1) is 14.0. The van der Waals surface area contributed by atoms with Crippen LogP contribution in [0.4, 0.5) is 0 Å². The summed E-state index contributed by atoms with van der Waals surface area (Å²) < 4.78 is 0. The molecule has 0 heterocycles. The van der Waals surface area contributed by atoms with Crippen molar-refractivity contribution in [3.63, 3.8) is 0 Å². The van der Waals surface area contributed by atoms with Gasteiger partial charge in [0.25, 0.3) is 0 Å². The third-order valence-corrected chi connectivity index (χ3v) is 4.83. The van der Waals surface area contributed by atoms with Gasteiger partial charge in [0, 0.05) is 11.6 Å². The molecule has 96 valence electrons. The van der Waals surface area contributed by atoms with Crippen molar-refractivity contribution < 1.29 is 0 Å². The van der Waals surface area contributed by atoms with Crippen LogP contribution in [0.25, 0.3) is 0 Å². The number of likely N-dealkylation sites (N-methyl/N-ethyl adjacent to an activating group) is 1. The van der Waals surface area contributed by atoms with E-state index in [-0.39, 0.29) is 5.54 Å². The monoisotopic (exact) mass is 226 g/mol. The highest BCUT2D eigenvalue weighted by atomic mass is 15.2. The molecule has 0 bridgehead atoms. The van der Waals surface area contributed by atoms with Gasteiger partial charge >= 0.3 is 0 Å². The van der Waals surface area contributed by atoms with Crippen molar-refractivity contribution in [2.45, 2.75) is 71.4 Å². The van der Waals surface area contributed by atoms with Crippen molar-refractivity contribution in [2.75, 3.05) is 13.1 Å². The maximum atomic E-state index is 6.58. The van der Waals surface area contributed by atoms with E-state index in [4.69, 9.17) is 5.73 Å². The summed E-state index contributed by atoms with van der Waals surface area (Å²) in [5, 5.41) is 0. The number of hydrogen-bond donors (Lipinski definition) is 1. The lowest BCUT2D eigenvalue weighted by Crippen LogP contribution is -2.60. The molecule has 2 N–H and O–H groups in total. The molecule has 0 aromatic rings. The zero-order chi connectivity index (χ0) is 12.2. The summed E-state index contributed by atoms with van der Waals surface area (Å²) in [4.78, 5) is 2.55. The Hall–Kier alpha value is -0.0800. The van der Waals surface area contributed by atoms with Crippen molar-refractivity contribution in [2.24, 2.45) is 11.7 Å². The Bertz CT molecular complexity index is 195. The highest BCUT2D eigenvalue weighted by Crippen LogP contribution is 2.35. The van der Waals surface area contributed by atoms with E-state index in [1.54, 1.807) is 0 Å².